The summed E-state index contributed by atoms with van der Waals surface area (Å²) in [4.78, 5) is 32.7. The maximum atomic E-state index is 13.2. The highest BCUT2D eigenvalue weighted by Crippen LogP contribution is 2.33. The van der Waals surface area contributed by atoms with Gasteiger partial charge >= 0.3 is 0 Å². The van der Waals surface area contributed by atoms with E-state index in [0.29, 0.717) is 12.1 Å². The van der Waals surface area contributed by atoms with E-state index in [1.165, 1.54) is 0 Å². The van der Waals surface area contributed by atoms with Crippen molar-refractivity contribution >= 4 is 11.8 Å². The summed E-state index contributed by atoms with van der Waals surface area (Å²) in [5.41, 5.74) is 1.47. The lowest BCUT2D eigenvalue weighted by molar-refractivity contribution is -0.136. The molecule has 1 aromatic heterocycles. The number of amides is 2. The van der Waals surface area contributed by atoms with E-state index in [0.717, 1.165) is 83.9 Å². The van der Waals surface area contributed by atoms with E-state index < -0.39 is 0 Å². The van der Waals surface area contributed by atoms with Crippen LogP contribution in [0, 0.1) is 12.8 Å². The van der Waals surface area contributed by atoms with Crippen LogP contribution in [0.5, 0.6) is 0 Å². The summed E-state index contributed by atoms with van der Waals surface area (Å²) in [7, 11) is 0. The van der Waals surface area contributed by atoms with E-state index in [1.54, 1.807) is 0 Å². The number of aryl methyl sites for hydroxylation is 2. The standard InChI is InChI=1S/C22H35N5O3/c1-3-26-16-20(17(2)23-26)22(29)25-8-4-5-19(15-25)27(21(28)18-6-7-18)10-9-24-11-13-30-14-12-24/h16,18-19H,3-15H2,1-2H3. The van der Waals surface area contributed by atoms with Gasteiger partial charge in [0.15, 0.2) is 0 Å². The second-order valence-corrected chi connectivity index (χ2v) is 8.79. The van der Waals surface area contributed by atoms with Crippen LogP contribution >= 0.6 is 0 Å². The molecule has 1 unspecified atom stereocenters. The molecular weight excluding hydrogens is 382 g/mol. The van der Waals surface area contributed by atoms with Crippen molar-refractivity contribution in [2.24, 2.45) is 5.92 Å². The molecular formula is C22H35N5O3. The maximum absolute atomic E-state index is 13.2. The number of rotatable bonds is 7. The molecule has 166 valence electrons. The zero-order chi connectivity index (χ0) is 21.1. The molecule has 8 nitrogen and oxygen atoms in total. The highest BCUT2D eigenvalue weighted by Gasteiger charge is 2.38. The highest BCUT2D eigenvalue weighted by molar-refractivity contribution is 5.95. The number of carbonyl (C=O) groups excluding carboxylic acids is 2. The third-order valence-electron chi connectivity index (χ3n) is 6.60. The number of aromatic nitrogens is 2. The van der Waals surface area contributed by atoms with Crippen LogP contribution in [0.3, 0.4) is 0 Å². The molecule has 1 aromatic rings. The van der Waals surface area contributed by atoms with E-state index in [9.17, 15) is 9.59 Å². The Labute approximate surface area is 179 Å². The summed E-state index contributed by atoms with van der Waals surface area (Å²) in [5.74, 6) is 0.534. The molecule has 3 fully saturated rings. The van der Waals surface area contributed by atoms with Gasteiger partial charge < -0.3 is 14.5 Å². The van der Waals surface area contributed by atoms with Gasteiger partial charge in [-0.15, -0.1) is 0 Å². The van der Waals surface area contributed by atoms with Crippen LogP contribution in [0.15, 0.2) is 6.20 Å². The number of morpholine rings is 1. The van der Waals surface area contributed by atoms with E-state index in [4.69, 9.17) is 4.74 Å². The molecule has 0 N–H and O–H groups in total. The number of likely N-dealkylation sites (tertiary alicyclic amines) is 1. The van der Waals surface area contributed by atoms with Gasteiger partial charge in [-0.3, -0.25) is 19.2 Å². The SMILES string of the molecule is CCn1cc(C(=O)N2CCCC(N(CCN3CCOCC3)C(=O)C3CC3)C2)c(C)n1. The van der Waals surface area contributed by atoms with Crippen molar-refractivity contribution in [3.05, 3.63) is 17.5 Å². The molecule has 3 aliphatic rings. The summed E-state index contributed by atoms with van der Waals surface area (Å²) in [6, 6.07) is 0.110. The van der Waals surface area contributed by atoms with E-state index >= 15 is 0 Å². The average Bonchev–Trinajstić information content (AvgIpc) is 3.56. The molecule has 0 radical (unpaired) electrons. The second kappa shape index (κ2) is 9.47. The van der Waals surface area contributed by atoms with Crippen molar-refractivity contribution < 1.29 is 14.3 Å². The number of hydrogen-bond acceptors (Lipinski definition) is 5. The number of nitrogens with zero attached hydrogens (tertiary/aromatic N) is 5. The second-order valence-electron chi connectivity index (χ2n) is 8.79. The first kappa shape index (κ1) is 21.3. The van der Waals surface area contributed by atoms with Crippen molar-refractivity contribution in [3.8, 4) is 0 Å². The molecule has 1 saturated carbocycles. The summed E-state index contributed by atoms with van der Waals surface area (Å²) in [5, 5.41) is 4.43. The Morgan fingerprint density at radius 1 is 1.20 bits per heavy atom. The largest absolute Gasteiger partial charge is 0.379 e. The van der Waals surface area contributed by atoms with E-state index in [1.807, 2.05) is 29.6 Å². The molecule has 2 saturated heterocycles. The summed E-state index contributed by atoms with van der Waals surface area (Å²) in [6.07, 6.45) is 5.78. The van der Waals surface area contributed by atoms with Crippen LogP contribution < -0.4 is 0 Å². The van der Waals surface area contributed by atoms with Gasteiger partial charge in [0, 0.05) is 64.0 Å². The van der Waals surface area contributed by atoms with Crippen LogP contribution in [0.1, 0.15) is 48.7 Å². The fourth-order valence-corrected chi connectivity index (χ4v) is 4.57. The van der Waals surface area contributed by atoms with E-state index in [2.05, 4.69) is 14.9 Å². The van der Waals surface area contributed by atoms with Crippen molar-refractivity contribution in [1.29, 1.82) is 0 Å². The average molecular weight is 418 g/mol. The Hall–Kier alpha value is -1.93. The molecule has 3 heterocycles. The van der Waals surface area contributed by atoms with Gasteiger partial charge in [-0.2, -0.15) is 5.10 Å². The Kier molecular flexibility index (Phi) is 6.73. The zero-order valence-corrected chi connectivity index (χ0v) is 18.4. The highest BCUT2D eigenvalue weighted by atomic mass is 16.5. The Bertz CT molecular complexity index is 754. The fourth-order valence-electron chi connectivity index (χ4n) is 4.57. The molecule has 0 spiro atoms. The normalized spacial score (nSPS) is 22.9. The van der Waals surface area contributed by atoms with Gasteiger partial charge in [-0.25, -0.2) is 0 Å². The minimum Gasteiger partial charge on any atom is -0.379 e. The van der Waals surface area contributed by atoms with Crippen LogP contribution in [-0.2, 0) is 16.1 Å². The molecule has 8 heteroatoms. The lowest BCUT2D eigenvalue weighted by Gasteiger charge is -2.40. The zero-order valence-electron chi connectivity index (χ0n) is 18.4. The van der Waals surface area contributed by atoms with Gasteiger partial charge in [-0.1, -0.05) is 0 Å². The van der Waals surface area contributed by atoms with Gasteiger partial charge in [0.2, 0.25) is 5.91 Å². The fraction of sp³-hybridized carbons (Fsp3) is 0.773. The first-order valence-corrected chi connectivity index (χ1v) is 11.5. The van der Waals surface area contributed by atoms with Crippen molar-refractivity contribution in [1.82, 2.24) is 24.5 Å². The third kappa shape index (κ3) is 4.86. The first-order valence-electron chi connectivity index (χ1n) is 11.5. The quantitative estimate of drug-likeness (QED) is 0.671. The molecule has 4 rings (SSSR count). The lowest BCUT2D eigenvalue weighted by atomic mass is 10.0. The molecule has 1 atom stereocenters. The monoisotopic (exact) mass is 417 g/mol. The van der Waals surface area contributed by atoms with Crippen LogP contribution in [-0.4, -0.2) is 94.8 Å². The number of carbonyl (C=O) groups is 2. The Balaban J connectivity index is 1.43. The Morgan fingerprint density at radius 3 is 2.63 bits per heavy atom. The predicted molar refractivity (Wildman–Crippen MR) is 113 cm³/mol. The number of ether oxygens (including phenoxy) is 1. The first-order chi connectivity index (χ1) is 14.6. The summed E-state index contributed by atoms with van der Waals surface area (Å²) >= 11 is 0. The molecule has 2 amide bonds. The number of hydrogen-bond donors (Lipinski definition) is 0. The maximum Gasteiger partial charge on any atom is 0.257 e. The summed E-state index contributed by atoms with van der Waals surface area (Å²) < 4.78 is 7.26. The van der Waals surface area contributed by atoms with Gasteiger partial charge in [0.25, 0.3) is 5.91 Å². The molecule has 2 aliphatic heterocycles. The van der Waals surface area contributed by atoms with Gasteiger partial charge in [0.05, 0.1) is 24.5 Å². The van der Waals surface area contributed by atoms with Crippen LogP contribution in [0.25, 0.3) is 0 Å². The topological polar surface area (TPSA) is 70.9 Å². The molecule has 1 aliphatic carbocycles. The molecule has 30 heavy (non-hydrogen) atoms. The lowest BCUT2D eigenvalue weighted by Crippen LogP contribution is -2.54. The minimum absolute atomic E-state index is 0.0453. The van der Waals surface area contributed by atoms with E-state index in [-0.39, 0.29) is 23.8 Å². The van der Waals surface area contributed by atoms with Crippen molar-refractivity contribution in [2.45, 2.75) is 52.1 Å². The molecule has 0 bridgehead atoms. The van der Waals surface area contributed by atoms with Crippen molar-refractivity contribution in [3.63, 3.8) is 0 Å². The smallest absolute Gasteiger partial charge is 0.257 e. The summed E-state index contributed by atoms with van der Waals surface area (Å²) in [6.45, 7) is 11.1. The van der Waals surface area contributed by atoms with Crippen LogP contribution in [0.2, 0.25) is 0 Å². The van der Waals surface area contributed by atoms with Gasteiger partial charge in [0.1, 0.15) is 0 Å². The number of piperidine rings is 1. The predicted octanol–water partition coefficient (Wildman–Crippen LogP) is 1.39. The van der Waals surface area contributed by atoms with Gasteiger partial charge in [-0.05, 0) is 39.5 Å². The third-order valence-corrected chi connectivity index (χ3v) is 6.60. The van der Waals surface area contributed by atoms with Crippen LogP contribution in [0.4, 0.5) is 0 Å². The molecule has 0 aromatic carbocycles. The Morgan fingerprint density at radius 2 is 1.97 bits per heavy atom. The van der Waals surface area contributed by atoms with Crippen molar-refractivity contribution in [2.75, 3.05) is 52.5 Å². The minimum atomic E-state index is 0.0453.